The summed E-state index contributed by atoms with van der Waals surface area (Å²) >= 11 is 0. The SMILES string of the molecule is Cc1ccc(C(NN)C(C)C)c(F)c1F. The fourth-order valence-corrected chi connectivity index (χ4v) is 1.54. The van der Waals surface area contributed by atoms with Crippen LogP contribution in [-0.2, 0) is 0 Å². The van der Waals surface area contributed by atoms with Gasteiger partial charge in [0.1, 0.15) is 0 Å². The van der Waals surface area contributed by atoms with Gasteiger partial charge in [-0.05, 0) is 18.4 Å². The third kappa shape index (κ3) is 2.33. The van der Waals surface area contributed by atoms with Gasteiger partial charge in [-0.2, -0.15) is 0 Å². The van der Waals surface area contributed by atoms with E-state index < -0.39 is 11.6 Å². The first-order valence-electron chi connectivity index (χ1n) is 4.89. The fourth-order valence-electron chi connectivity index (χ4n) is 1.54. The number of hydrazine groups is 1. The number of nitrogens with two attached hydrogens (primary N) is 1. The molecule has 0 aliphatic heterocycles. The Balaban J connectivity index is 3.19. The van der Waals surface area contributed by atoms with E-state index in [-0.39, 0.29) is 17.5 Å². The molecule has 3 N–H and O–H groups in total. The molecule has 0 amide bonds. The van der Waals surface area contributed by atoms with Crippen molar-refractivity contribution in [2.45, 2.75) is 26.8 Å². The van der Waals surface area contributed by atoms with E-state index in [1.165, 1.54) is 6.92 Å². The van der Waals surface area contributed by atoms with Gasteiger partial charge in [0.05, 0.1) is 6.04 Å². The van der Waals surface area contributed by atoms with E-state index in [0.29, 0.717) is 5.56 Å². The van der Waals surface area contributed by atoms with E-state index in [9.17, 15) is 8.78 Å². The van der Waals surface area contributed by atoms with Gasteiger partial charge < -0.3 is 0 Å². The molecule has 0 aliphatic carbocycles. The Morgan fingerprint density at radius 2 is 1.80 bits per heavy atom. The summed E-state index contributed by atoms with van der Waals surface area (Å²) in [6, 6.07) is 2.75. The summed E-state index contributed by atoms with van der Waals surface area (Å²) in [4.78, 5) is 0. The van der Waals surface area contributed by atoms with Crippen molar-refractivity contribution in [2.24, 2.45) is 11.8 Å². The van der Waals surface area contributed by atoms with E-state index in [0.717, 1.165) is 0 Å². The van der Waals surface area contributed by atoms with E-state index in [2.05, 4.69) is 5.43 Å². The molecule has 0 heterocycles. The van der Waals surface area contributed by atoms with Gasteiger partial charge in [-0.25, -0.2) is 8.78 Å². The zero-order valence-electron chi connectivity index (χ0n) is 9.14. The average molecular weight is 214 g/mol. The number of hydrogen-bond donors (Lipinski definition) is 2. The van der Waals surface area contributed by atoms with Crippen LogP contribution in [0.2, 0.25) is 0 Å². The first-order chi connectivity index (χ1) is 6.99. The lowest BCUT2D eigenvalue weighted by Crippen LogP contribution is -2.32. The minimum atomic E-state index is -0.813. The van der Waals surface area contributed by atoms with Crippen molar-refractivity contribution < 1.29 is 8.78 Å². The van der Waals surface area contributed by atoms with Crippen LogP contribution >= 0.6 is 0 Å². The summed E-state index contributed by atoms with van der Waals surface area (Å²) in [6.45, 7) is 5.31. The molecule has 0 aliphatic rings. The summed E-state index contributed by atoms with van der Waals surface area (Å²) < 4.78 is 26.9. The Bertz CT molecular complexity index is 351. The summed E-state index contributed by atoms with van der Waals surface area (Å²) in [5.74, 6) is 3.80. The van der Waals surface area contributed by atoms with Gasteiger partial charge in [0.25, 0.3) is 0 Å². The molecule has 0 spiro atoms. The van der Waals surface area contributed by atoms with Crippen LogP contribution in [0.25, 0.3) is 0 Å². The lowest BCUT2D eigenvalue weighted by Gasteiger charge is -2.21. The summed E-state index contributed by atoms with van der Waals surface area (Å²) in [5.41, 5.74) is 3.07. The second-order valence-corrected chi connectivity index (χ2v) is 3.99. The molecule has 1 unspecified atom stereocenters. The largest absolute Gasteiger partial charge is 0.271 e. The molecule has 1 rings (SSSR count). The molecule has 0 bridgehead atoms. The normalized spacial score (nSPS) is 13.3. The van der Waals surface area contributed by atoms with E-state index >= 15 is 0 Å². The van der Waals surface area contributed by atoms with Crippen LogP contribution in [0.4, 0.5) is 8.78 Å². The van der Waals surface area contributed by atoms with E-state index in [4.69, 9.17) is 5.84 Å². The van der Waals surface area contributed by atoms with Crippen LogP contribution < -0.4 is 11.3 Å². The third-order valence-corrected chi connectivity index (χ3v) is 2.49. The molecule has 4 heteroatoms. The van der Waals surface area contributed by atoms with Crippen LogP contribution in [0.5, 0.6) is 0 Å². The summed E-state index contributed by atoms with van der Waals surface area (Å²) in [6.07, 6.45) is 0. The van der Waals surface area contributed by atoms with Gasteiger partial charge in [-0.3, -0.25) is 11.3 Å². The standard InChI is InChI=1S/C11H16F2N2/c1-6(2)11(15-14)8-5-4-7(3)9(12)10(8)13/h4-6,11,15H,14H2,1-3H3. The highest BCUT2D eigenvalue weighted by Gasteiger charge is 2.20. The van der Waals surface area contributed by atoms with Crippen LogP contribution in [0.3, 0.4) is 0 Å². The molecule has 1 aromatic rings. The van der Waals surface area contributed by atoms with Gasteiger partial charge in [0, 0.05) is 5.56 Å². The van der Waals surface area contributed by atoms with Gasteiger partial charge in [0.15, 0.2) is 11.6 Å². The molecule has 0 saturated heterocycles. The predicted molar refractivity (Wildman–Crippen MR) is 56.0 cm³/mol. The first kappa shape index (κ1) is 12.1. The number of hydrogen-bond acceptors (Lipinski definition) is 2. The second kappa shape index (κ2) is 4.68. The summed E-state index contributed by atoms with van der Waals surface area (Å²) in [7, 11) is 0. The molecule has 0 aromatic heterocycles. The van der Waals surface area contributed by atoms with Gasteiger partial charge in [-0.15, -0.1) is 0 Å². The first-order valence-corrected chi connectivity index (χ1v) is 4.89. The Morgan fingerprint density at radius 1 is 1.20 bits per heavy atom. The maximum absolute atomic E-state index is 13.6. The zero-order valence-corrected chi connectivity index (χ0v) is 9.14. The van der Waals surface area contributed by atoms with Gasteiger partial charge >= 0.3 is 0 Å². The Morgan fingerprint density at radius 3 is 2.27 bits per heavy atom. The van der Waals surface area contributed by atoms with Crippen LogP contribution in [0, 0.1) is 24.5 Å². The third-order valence-electron chi connectivity index (χ3n) is 2.49. The van der Waals surface area contributed by atoms with Gasteiger partial charge in [-0.1, -0.05) is 26.0 Å². The monoisotopic (exact) mass is 214 g/mol. The lowest BCUT2D eigenvalue weighted by molar-refractivity contribution is 0.393. The highest BCUT2D eigenvalue weighted by molar-refractivity contribution is 5.28. The molecule has 1 atom stereocenters. The second-order valence-electron chi connectivity index (χ2n) is 3.99. The highest BCUT2D eigenvalue weighted by Crippen LogP contribution is 2.26. The average Bonchev–Trinajstić information content (AvgIpc) is 2.18. The minimum absolute atomic E-state index is 0.0895. The van der Waals surface area contributed by atoms with Crippen molar-refractivity contribution in [3.8, 4) is 0 Å². The quantitative estimate of drug-likeness (QED) is 0.599. The van der Waals surface area contributed by atoms with Crippen molar-refractivity contribution in [3.63, 3.8) is 0 Å². The molecule has 0 radical (unpaired) electrons. The number of halogens is 2. The lowest BCUT2D eigenvalue weighted by atomic mass is 9.95. The van der Waals surface area contributed by atoms with Gasteiger partial charge in [0.2, 0.25) is 0 Å². The Labute approximate surface area is 88.4 Å². The van der Waals surface area contributed by atoms with Crippen molar-refractivity contribution in [1.29, 1.82) is 0 Å². The van der Waals surface area contributed by atoms with Crippen molar-refractivity contribution in [2.75, 3.05) is 0 Å². The van der Waals surface area contributed by atoms with Crippen molar-refractivity contribution in [1.82, 2.24) is 5.43 Å². The molecule has 84 valence electrons. The number of benzene rings is 1. The molecule has 1 aromatic carbocycles. The number of aryl methyl sites for hydroxylation is 1. The van der Waals surface area contributed by atoms with Crippen LogP contribution in [0.15, 0.2) is 12.1 Å². The Hall–Kier alpha value is -1.00. The molecular formula is C11H16F2N2. The summed E-state index contributed by atoms with van der Waals surface area (Å²) in [5, 5.41) is 0. The highest BCUT2D eigenvalue weighted by atomic mass is 19.2. The van der Waals surface area contributed by atoms with Crippen molar-refractivity contribution in [3.05, 3.63) is 34.9 Å². The number of rotatable bonds is 3. The molecular weight excluding hydrogens is 198 g/mol. The molecule has 0 fully saturated rings. The molecule has 15 heavy (non-hydrogen) atoms. The Kier molecular flexibility index (Phi) is 3.77. The molecule has 0 saturated carbocycles. The topological polar surface area (TPSA) is 38.0 Å². The zero-order chi connectivity index (χ0) is 11.6. The van der Waals surface area contributed by atoms with Crippen LogP contribution in [-0.4, -0.2) is 0 Å². The minimum Gasteiger partial charge on any atom is -0.271 e. The van der Waals surface area contributed by atoms with E-state index in [1.54, 1.807) is 12.1 Å². The number of nitrogens with one attached hydrogen (secondary N) is 1. The fraction of sp³-hybridized carbons (Fsp3) is 0.455. The molecule has 2 nitrogen and oxygen atoms in total. The van der Waals surface area contributed by atoms with Crippen molar-refractivity contribution >= 4 is 0 Å². The maximum atomic E-state index is 13.6. The van der Waals surface area contributed by atoms with Crippen LogP contribution in [0.1, 0.15) is 31.0 Å². The predicted octanol–water partition coefficient (Wildman–Crippen LogP) is 2.43. The van der Waals surface area contributed by atoms with E-state index in [1.807, 2.05) is 13.8 Å². The smallest absolute Gasteiger partial charge is 0.163 e. The maximum Gasteiger partial charge on any atom is 0.163 e.